The minimum absolute atomic E-state index is 0.246. The van der Waals surface area contributed by atoms with E-state index >= 15 is 0 Å². The van der Waals surface area contributed by atoms with E-state index in [1.807, 2.05) is 11.3 Å². The van der Waals surface area contributed by atoms with E-state index in [-0.39, 0.29) is 5.78 Å². The Balaban J connectivity index is 2.01. The molecule has 3 rings (SSSR count). The summed E-state index contributed by atoms with van der Waals surface area (Å²) in [5, 5.41) is 0. The Bertz CT molecular complexity index is 710. The third kappa shape index (κ3) is 3.83. The van der Waals surface area contributed by atoms with Crippen LogP contribution >= 0.6 is 11.3 Å². The number of Topliss-reactive ketones (excluding diaryl/α,β-unsaturated/α-hetero) is 1. The van der Waals surface area contributed by atoms with Crippen LogP contribution in [0.1, 0.15) is 65.7 Å². The zero-order valence-electron chi connectivity index (χ0n) is 16.3. The average Bonchev–Trinajstić information content (AvgIpc) is 2.92. The Morgan fingerprint density at radius 3 is 2.72 bits per heavy atom. The quantitative estimate of drug-likeness (QED) is 0.671. The summed E-state index contributed by atoms with van der Waals surface area (Å²) in [7, 11) is 2.18. The number of ketones is 1. The molecular weight excluding hydrogens is 326 g/mol. The molecule has 0 saturated heterocycles. The molecule has 1 aromatic rings. The van der Waals surface area contributed by atoms with Crippen LogP contribution in [-0.4, -0.2) is 30.8 Å². The number of thiophene rings is 1. The molecule has 0 bridgehead atoms. The second kappa shape index (κ2) is 7.20. The van der Waals surface area contributed by atoms with Gasteiger partial charge in [0, 0.05) is 33.7 Å². The topological polar surface area (TPSA) is 20.3 Å². The average molecular weight is 358 g/mol. The van der Waals surface area contributed by atoms with Crippen LogP contribution in [-0.2, 0) is 12.8 Å². The lowest BCUT2D eigenvalue weighted by Gasteiger charge is -2.30. The van der Waals surface area contributed by atoms with Gasteiger partial charge < -0.3 is 4.90 Å². The third-order valence-electron chi connectivity index (χ3n) is 5.77. The summed E-state index contributed by atoms with van der Waals surface area (Å²) >= 11 is 1.91. The monoisotopic (exact) mass is 357 g/mol. The highest BCUT2D eigenvalue weighted by molar-refractivity contribution is 7.12. The van der Waals surface area contributed by atoms with Crippen molar-refractivity contribution in [3.8, 4) is 0 Å². The van der Waals surface area contributed by atoms with Crippen molar-refractivity contribution in [3.05, 3.63) is 45.2 Å². The van der Waals surface area contributed by atoms with Crippen molar-refractivity contribution in [2.75, 3.05) is 20.1 Å². The van der Waals surface area contributed by atoms with Crippen LogP contribution in [0.3, 0.4) is 0 Å². The lowest BCUT2D eigenvalue weighted by Crippen LogP contribution is -2.28. The molecule has 0 N–H and O–H groups in total. The summed E-state index contributed by atoms with van der Waals surface area (Å²) in [6.45, 7) is 10.7. The van der Waals surface area contributed by atoms with Crippen LogP contribution in [0, 0.1) is 11.3 Å². The first kappa shape index (κ1) is 18.6. The first-order valence-corrected chi connectivity index (χ1v) is 10.3. The first-order chi connectivity index (χ1) is 11.8. The van der Waals surface area contributed by atoms with Crippen molar-refractivity contribution in [1.29, 1.82) is 0 Å². The number of hydrogen-bond acceptors (Lipinski definition) is 3. The highest BCUT2D eigenvalue weighted by Gasteiger charge is 2.35. The second-order valence-corrected chi connectivity index (χ2v) is 9.59. The van der Waals surface area contributed by atoms with Gasteiger partial charge in [0.15, 0.2) is 5.78 Å². The van der Waals surface area contributed by atoms with Crippen molar-refractivity contribution in [1.82, 2.24) is 4.90 Å². The fraction of sp³-hybridized carbons (Fsp3) is 0.591. The predicted molar refractivity (Wildman–Crippen MR) is 108 cm³/mol. The standard InChI is InChI=1S/C22H31NOS/c1-6-23(5)14-16-9-7-8-10-17(16)21-20(15(2)24)18-13-22(3,4)12-11-19(18)25-21/h7-10,16-17H,6,11-14H2,1-5H3. The van der Waals surface area contributed by atoms with Crippen LogP contribution in [0.15, 0.2) is 24.3 Å². The highest BCUT2D eigenvalue weighted by atomic mass is 32.1. The lowest BCUT2D eigenvalue weighted by atomic mass is 9.74. The van der Waals surface area contributed by atoms with Gasteiger partial charge in [-0.15, -0.1) is 11.3 Å². The molecular formula is C22H31NOS. The van der Waals surface area contributed by atoms with Gasteiger partial charge in [-0.05, 0) is 50.8 Å². The summed E-state index contributed by atoms with van der Waals surface area (Å²) < 4.78 is 0. The Morgan fingerprint density at radius 2 is 2.04 bits per heavy atom. The molecule has 2 unspecified atom stereocenters. The number of nitrogens with zero attached hydrogens (tertiary/aromatic N) is 1. The molecule has 0 radical (unpaired) electrons. The Morgan fingerprint density at radius 1 is 1.32 bits per heavy atom. The van der Waals surface area contributed by atoms with Crippen LogP contribution in [0.25, 0.3) is 0 Å². The van der Waals surface area contributed by atoms with E-state index in [1.165, 1.54) is 21.7 Å². The smallest absolute Gasteiger partial charge is 0.161 e. The normalized spacial score (nSPS) is 24.6. The molecule has 0 spiro atoms. The number of aryl methyl sites for hydroxylation is 1. The Hall–Kier alpha value is -1.19. The van der Waals surface area contributed by atoms with Crippen molar-refractivity contribution in [2.45, 2.75) is 52.9 Å². The van der Waals surface area contributed by atoms with Gasteiger partial charge in [-0.25, -0.2) is 0 Å². The zero-order chi connectivity index (χ0) is 18.2. The highest BCUT2D eigenvalue weighted by Crippen LogP contribution is 2.46. The molecule has 0 aliphatic heterocycles. The number of fused-ring (bicyclic) bond motifs is 1. The lowest BCUT2D eigenvalue weighted by molar-refractivity contribution is 0.101. The maximum absolute atomic E-state index is 12.6. The van der Waals surface area contributed by atoms with Gasteiger partial charge in [0.2, 0.25) is 0 Å². The molecule has 0 amide bonds. The van der Waals surface area contributed by atoms with Crippen LogP contribution in [0.4, 0.5) is 0 Å². The molecule has 2 nitrogen and oxygen atoms in total. The van der Waals surface area contributed by atoms with Gasteiger partial charge in [-0.2, -0.15) is 0 Å². The van der Waals surface area contributed by atoms with Gasteiger partial charge in [0.25, 0.3) is 0 Å². The number of allylic oxidation sites excluding steroid dienone is 3. The summed E-state index contributed by atoms with van der Waals surface area (Å²) in [6, 6.07) is 0. The summed E-state index contributed by atoms with van der Waals surface area (Å²) in [6.07, 6.45) is 12.3. The molecule has 25 heavy (non-hydrogen) atoms. The second-order valence-electron chi connectivity index (χ2n) is 8.45. The number of hydrogen-bond donors (Lipinski definition) is 0. The van der Waals surface area contributed by atoms with E-state index in [2.05, 4.69) is 57.0 Å². The number of carbonyl (C=O) groups excluding carboxylic acids is 1. The van der Waals surface area contributed by atoms with E-state index in [1.54, 1.807) is 6.92 Å². The molecule has 1 aromatic heterocycles. The summed E-state index contributed by atoms with van der Waals surface area (Å²) in [5.41, 5.74) is 2.70. The Labute approximate surface area is 156 Å². The minimum Gasteiger partial charge on any atom is -0.306 e. The third-order valence-corrected chi connectivity index (χ3v) is 7.16. The Kier molecular flexibility index (Phi) is 5.36. The maximum atomic E-state index is 12.6. The van der Waals surface area contributed by atoms with Gasteiger partial charge >= 0.3 is 0 Å². The summed E-state index contributed by atoms with van der Waals surface area (Å²) in [4.78, 5) is 17.7. The summed E-state index contributed by atoms with van der Waals surface area (Å²) in [5.74, 6) is 1.02. The molecule has 2 atom stereocenters. The van der Waals surface area contributed by atoms with E-state index < -0.39 is 0 Å². The first-order valence-electron chi connectivity index (χ1n) is 9.51. The van der Waals surface area contributed by atoms with E-state index in [9.17, 15) is 4.79 Å². The minimum atomic E-state index is 0.246. The van der Waals surface area contributed by atoms with Crippen LogP contribution in [0.2, 0.25) is 0 Å². The van der Waals surface area contributed by atoms with E-state index in [0.29, 0.717) is 17.3 Å². The number of rotatable bonds is 5. The molecule has 2 aliphatic rings. The fourth-order valence-corrected chi connectivity index (χ4v) is 5.69. The molecule has 136 valence electrons. The molecule has 0 saturated carbocycles. The van der Waals surface area contributed by atoms with Gasteiger partial charge in [0.05, 0.1) is 0 Å². The SMILES string of the molecule is CCN(C)CC1C=CC=CC1c1sc2c(c1C(C)=O)CC(C)(C)CC2. The molecule has 1 heterocycles. The molecule has 0 fully saturated rings. The molecule has 3 heteroatoms. The van der Waals surface area contributed by atoms with E-state index in [0.717, 1.165) is 31.5 Å². The van der Waals surface area contributed by atoms with Crippen LogP contribution in [0.5, 0.6) is 0 Å². The van der Waals surface area contributed by atoms with E-state index in [4.69, 9.17) is 0 Å². The zero-order valence-corrected chi connectivity index (χ0v) is 17.1. The fourth-order valence-electron chi connectivity index (χ4n) is 4.16. The largest absolute Gasteiger partial charge is 0.306 e. The van der Waals surface area contributed by atoms with Gasteiger partial charge in [-0.3, -0.25) is 4.79 Å². The molecule has 0 aromatic carbocycles. The van der Waals surface area contributed by atoms with Gasteiger partial charge in [0.1, 0.15) is 0 Å². The van der Waals surface area contributed by atoms with Crippen molar-refractivity contribution in [2.24, 2.45) is 11.3 Å². The predicted octanol–water partition coefficient (Wildman–Crippen LogP) is 5.24. The van der Waals surface area contributed by atoms with Crippen molar-refractivity contribution in [3.63, 3.8) is 0 Å². The van der Waals surface area contributed by atoms with Crippen LogP contribution < -0.4 is 0 Å². The van der Waals surface area contributed by atoms with Crippen molar-refractivity contribution >= 4 is 17.1 Å². The molecule has 2 aliphatic carbocycles. The maximum Gasteiger partial charge on any atom is 0.161 e. The van der Waals surface area contributed by atoms with Gasteiger partial charge in [-0.1, -0.05) is 45.1 Å². The number of carbonyl (C=O) groups is 1. The van der Waals surface area contributed by atoms with Crippen molar-refractivity contribution < 1.29 is 4.79 Å².